The topological polar surface area (TPSA) is 88.2 Å². The minimum absolute atomic E-state index is 0.0134. The summed E-state index contributed by atoms with van der Waals surface area (Å²) in [5, 5.41) is 2.62. The standard InChI is InChI=1S/C19H27N3O3S2/c1-3-4-13(2)27(24,25)22-15-7-5-14(6-8-15)19(23)21-16-9-10-17-18(11-16)26-12-20-17/h9-15,22H,3-8H2,1-2H3,(H,21,23). The van der Waals surface area contributed by atoms with E-state index in [1.807, 2.05) is 25.1 Å². The molecule has 0 radical (unpaired) electrons. The van der Waals surface area contributed by atoms with Crippen molar-refractivity contribution in [2.24, 2.45) is 5.92 Å². The summed E-state index contributed by atoms with van der Waals surface area (Å²) in [6, 6.07) is 5.66. The second-order valence-electron chi connectivity index (χ2n) is 7.33. The summed E-state index contributed by atoms with van der Waals surface area (Å²) >= 11 is 1.55. The van der Waals surface area contributed by atoms with Crippen LogP contribution in [0.25, 0.3) is 10.2 Å². The summed E-state index contributed by atoms with van der Waals surface area (Å²) in [4.78, 5) is 16.8. The van der Waals surface area contributed by atoms with Crippen LogP contribution in [0, 0.1) is 5.92 Å². The molecular weight excluding hydrogens is 382 g/mol. The van der Waals surface area contributed by atoms with E-state index in [0.29, 0.717) is 32.1 Å². The molecule has 2 aromatic rings. The van der Waals surface area contributed by atoms with Crippen LogP contribution < -0.4 is 10.0 Å². The number of nitrogens with one attached hydrogen (secondary N) is 2. The van der Waals surface area contributed by atoms with Gasteiger partial charge in [0.25, 0.3) is 0 Å². The molecule has 1 fully saturated rings. The highest BCUT2D eigenvalue weighted by molar-refractivity contribution is 7.90. The van der Waals surface area contributed by atoms with Crippen LogP contribution in [-0.4, -0.2) is 30.6 Å². The van der Waals surface area contributed by atoms with Gasteiger partial charge in [-0.05, 0) is 57.2 Å². The summed E-state index contributed by atoms with van der Waals surface area (Å²) in [7, 11) is -3.28. The Kier molecular flexibility index (Phi) is 6.49. The van der Waals surface area contributed by atoms with Crippen molar-refractivity contribution in [1.82, 2.24) is 9.71 Å². The minimum atomic E-state index is -3.28. The van der Waals surface area contributed by atoms with Gasteiger partial charge in [0.05, 0.1) is 21.0 Å². The predicted molar refractivity (Wildman–Crippen MR) is 110 cm³/mol. The van der Waals surface area contributed by atoms with Crippen LogP contribution >= 0.6 is 11.3 Å². The van der Waals surface area contributed by atoms with Gasteiger partial charge < -0.3 is 5.32 Å². The summed E-state index contributed by atoms with van der Waals surface area (Å²) in [5.74, 6) is -0.0597. The van der Waals surface area contributed by atoms with E-state index >= 15 is 0 Å². The highest BCUT2D eigenvalue weighted by Crippen LogP contribution is 2.28. The zero-order valence-electron chi connectivity index (χ0n) is 15.8. The quantitative estimate of drug-likeness (QED) is 0.726. The third-order valence-electron chi connectivity index (χ3n) is 5.25. The van der Waals surface area contributed by atoms with Crippen molar-refractivity contribution in [1.29, 1.82) is 0 Å². The molecule has 1 atom stereocenters. The molecule has 27 heavy (non-hydrogen) atoms. The number of amides is 1. The Labute approximate surface area is 164 Å². The fourth-order valence-electron chi connectivity index (χ4n) is 3.56. The molecule has 0 saturated heterocycles. The first-order chi connectivity index (χ1) is 12.9. The Hall–Kier alpha value is -1.51. The molecule has 2 N–H and O–H groups in total. The number of sulfonamides is 1. The Morgan fingerprint density at radius 2 is 2.04 bits per heavy atom. The summed E-state index contributed by atoms with van der Waals surface area (Å²) in [6.07, 6.45) is 4.31. The first-order valence-corrected chi connectivity index (χ1v) is 12.0. The third kappa shape index (κ3) is 5.06. The van der Waals surface area contributed by atoms with Crippen LogP contribution in [0.1, 0.15) is 52.4 Å². The van der Waals surface area contributed by atoms with Crippen molar-refractivity contribution in [2.45, 2.75) is 63.7 Å². The number of rotatable bonds is 7. The van der Waals surface area contributed by atoms with Gasteiger partial charge in [-0.1, -0.05) is 13.3 Å². The first-order valence-electron chi connectivity index (χ1n) is 9.54. The number of hydrogen-bond acceptors (Lipinski definition) is 5. The molecule has 1 amide bonds. The van der Waals surface area contributed by atoms with Gasteiger partial charge in [0.1, 0.15) is 0 Å². The Bertz CT molecular complexity index is 886. The lowest BCUT2D eigenvalue weighted by atomic mass is 9.86. The summed E-state index contributed by atoms with van der Waals surface area (Å²) < 4.78 is 28.6. The molecule has 1 aliphatic rings. The largest absolute Gasteiger partial charge is 0.326 e. The molecule has 0 spiro atoms. The van der Waals surface area contributed by atoms with Crippen molar-refractivity contribution in [3.05, 3.63) is 23.7 Å². The van der Waals surface area contributed by atoms with Gasteiger partial charge in [-0.2, -0.15) is 0 Å². The lowest BCUT2D eigenvalue weighted by Crippen LogP contribution is -2.42. The van der Waals surface area contributed by atoms with Crippen LogP contribution in [-0.2, 0) is 14.8 Å². The number of carbonyl (C=O) groups excluding carboxylic acids is 1. The molecule has 148 valence electrons. The number of aromatic nitrogens is 1. The molecule has 1 heterocycles. The smallest absolute Gasteiger partial charge is 0.227 e. The number of carbonyl (C=O) groups is 1. The third-order valence-corrected chi connectivity index (χ3v) is 8.00. The highest BCUT2D eigenvalue weighted by Gasteiger charge is 2.30. The van der Waals surface area contributed by atoms with Crippen LogP contribution in [0.3, 0.4) is 0 Å². The summed E-state index contributed by atoms with van der Waals surface area (Å²) in [5.41, 5.74) is 3.51. The van der Waals surface area contributed by atoms with Crippen LogP contribution in [0.5, 0.6) is 0 Å². The maximum atomic E-state index is 12.6. The SMILES string of the molecule is CCCC(C)S(=O)(=O)NC1CCC(C(=O)Nc2ccc3ncsc3c2)CC1. The molecule has 1 saturated carbocycles. The average molecular weight is 410 g/mol. The number of thiazole rings is 1. The second kappa shape index (κ2) is 8.67. The molecule has 8 heteroatoms. The van der Waals surface area contributed by atoms with Gasteiger partial charge in [-0.25, -0.2) is 18.1 Å². The zero-order chi connectivity index (χ0) is 19.4. The Morgan fingerprint density at radius 1 is 1.30 bits per heavy atom. The monoisotopic (exact) mass is 409 g/mol. The average Bonchev–Trinajstić information content (AvgIpc) is 3.10. The van der Waals surface area contributed by atoms with Crippen LogP contribution in [0.2, 0.25) is 0 Å². The molecular formula is C19H27N3O3S2. The maximum absolute atomic E-state index is 12.6. The lowest BCUT2D eigenvalue weighted by molar-refractivity contribution is -0.120. The second-order valence-corrected chi connectivity index (χ2v) is 10.4. The molecule has 1 aromatic carbocycles. The van der Waals surface area contributed by atoms with E-state index in [0.717, 1.165) is 22.3 Å². The Balaban J connectivity index is 1.51. The van der Waals surface area contributed by atoms with E-state index in [-0.39, 0.29) is 23.1 Å². The predicted octanol–water partition coefficient (Wildman–Crippen LogP) is 3.90. The molecule has 3 rings (SSSR count). The fourth-order valence-corrected chi connectivity index (χ4v) is 5.76. The first kappa shape index (κ1) is 20.2. The Morgan fingerprint density at radius 3 is 2.74 bits per heavy atom. The summed E-state index contributed by atoms with van der Waals surface area (Å²) in [6.45, 7) is 3.74. The van der Waals surface area contributed by atoms with Gasteiger partial charge >= 0.3 is 0 Å². The normalized spacial score (nSPS) is 21.9. The van der Waals surface area contributed by atoms with Crippen LogP contribution in [0.4, 0.5) is 5.69 Å². The fraction of sp³-hybridized carbons (Fsp3) is 0.579. The van der Waals surface area contributed by atoms with Gasteiger partial charge in [0, 0.05) is 17.6 Å². The van der Waals surface area contributed by atoms with Crippen molar-refractivity contribution in [3.8, 4) is 0 Å². The number of nitrogens with zero attached hydrogens (tertiary/aromatic N) is 1. The number of fused-ring (bicyclic) bond motifs is 1. The van der Waals surface area contributed by atoms with Gasteiger partial charge in [-0.15, -0.1) is 11.3 Å². The van der Waals surface area contributed by atoms with Crippen molar-refractivity contribution in [3.63, 3.8) is 0 Å². The molecule has 6 nitrogen and oxygen atoms in total. The zero-order valence-corrected chi connectivity index (χ0v) is 17.4. The molecule has 0 bridgehead atoms. The molecule has 0 aliphatic heterocycles. The highest BCUT2D eigenvalue weighted by atomic mass is 32.2. The van der Waals surface area contributed by atoms with E-state index in [4.69, 9.17) is 0 Å². The van der Waals surface area contributed by atoms with E-state index in [1.165, 1.54) is 0 Å². The van der Waals surface area contributed by atoms with Gasteiger partial charge in [0.15, 0.2) is 0 Å². The number of hydrogen-bond donors (Lipinski definition) is 2. The van der Waals surface area contributed by atoms with E-state index in [1.54, 1.807) is 23.8 Å². The van der Waals surface area contributed by atoms with E-state index in [2.05, 4.69) is 15.0 Å². The van der Waals surface area contributed by atoms with Crippen molar-refractivity contribution in [2.75, 3.05) is 5.32 Å². The molecule has 1 unspecified atom stereocenters. The number of benzene rings is 1. The van der Waals surface area contributed by atoms with Gasteiger partial charge in [0.2, 0.25) is 15.9 Å². The van der Waals surface area contributed by atoms with Crippen LogP contribution in [0.15, 0.2) is 23.7 Å². The molecule has 1 aromatic heterocycles. The van der Waals surface area contributed by atoms with Crippen molar-refractivity contribution >= 4 is 43.2 Å². The lowest BCUT2D eigenvalue weighted by Gasteiger charge is -2.29. The van der Waals surface area contributed by atoms with E-state index < -0.39 is 10.0 Å². The van der Waals surface area contributed by atoms with E-state index in [9.17, 15) is 13.2 Å². The molecule has 1 aliphatic carbocycles. The number of anilines is 1. The van der Waals surface area contributed by atoms with Gasteiger partial charge in [-0.3, -0.25) is 4.79 Å². The maximum Gasteiger partial charge on any atom is 0.227 e. The van der Waals surface area contributed by atoms with Crippen molar-refractivity contribution < 1.29 is 13.2 Å². The minimum Gasteiger partial charge on any atom is -0.326 e.